The minimum atomic E-state index is -0.147. The van der Waals surface area contributed by atoms with Crippen LogP contribution in [0.1, 0.15) is 21.6 Å². The second kappa shape index (κ2) is 9.43. The lowest BCUT2D eigenvalue weighted by molar-refractivity contribution is -0.139. The van der Waals surface area contributed by atoms with Gasteiger partial charge >= 0.3 is 0 Å². The standard InChI is InChI=1S/C28H27N3O3/c1-34-24-13-11-21(12-14-24)17-31-23(15-20-7-3-2-4-8-20)18-30(19-27(31)32)28(33)26-16-22-9-5-6-10-25(22)29-26/h2-14,16,23,29H,15,17-19H2,1H3. The first-order valence-electron chi connectivity index (χ1n) is 11.4. The van der Waals surface area contributed by atoms with Crippen molar-refractivity contribution in [2.75, 3.05) is 20.2 Å². The van der Waals surface area contributed by atoms with Crippen molar-refractivity contribution in [1.82, 2.24) is 14.8 Å². The number of hydrogen-bond donors (Lipinski definition) is 1. The van der Waals surface area contributed by atoms with Crippen LogP contribution in [-0.2, 0) is 17.8 Å². The van der Waals surface area contributed by atoms with Gasteiger partial charge in [0.25, 0.3) is 5.91 Å². The Labute approximate surface area is 198 Å². The van der Waals surface area contributed by atoms with E-state index in [0.717, 1.165) is 27.8 Å². The molecule has 0 bridgehead atoms. The fraction of sp³-hybridized carbons (Fsp3) is 0.214. The van der Waals surface area contributed by atoms with Crippen LogP contribution in [-0.4, -0.2) is 52.8 Å². The summed E-state index contributed by atoms with van der Waals surface area (Å²) in [6, 6.07) is 27.4. The molecule has 1 atom stereocenters. The van der Waals surface area contributed by atoms with Crippen molar-refractivity contribution >= 4 is 22.7 Å². The van der Waals surface area contributed by atoms with E-state index >= 15 is 0 Å². The van der Waals surface area contributed by atoms with Crippen molar-refractivity contribution in [2.45, 2.75) is 19.0 Å². The molecule has 0 spiro atoms. The summed E-state index contributed by atoms with van der Waals surface area (Å²) in [5, 5.41) is 0.983. The summed E-state index contributed by atoms with van der Waals surface area (Å²) in [6.07, 6.45) is 0.680. The molecule has 0 saturated carbocycles. The third kappa shape index (κ3) is 4.53. The van der Waals surface area contributed by atoms with Crippen molar-refractivity contribution in [3.8, 4) is 5.75 Å². The SMILES string of the molecule is COc1ccc(CN2C(=O)CN(C(=O)c3cc4ccccc4[nH]3)CC2Cc2ccccc2)cc1. The van der Waals surface area contributed by atoms with Gasteiger partial charge in [-0.05, 0) is 41.8 Å². The number of ether oxygens (including phenoxy) is 1. The maximum atomic E-state index is 13.4. The Morgan fingerprint density at radius 3 is 2.44 bits per heavy atom. The number of carbonyl (C=O) groups excluding carboxylic acids is 2. The minimum Gasteiger partial charge on any atom is -0.497 e. The number of carbonyl (C=O) groups is 2. The highest BCUT2D eigenvalue weighted by atomic mass is 16.5. The van der Waals surface area contributed by atoms with Crippen molar-refractivity contribution in [1.29, 1.82) is 0 Å². The van der Waals surface area contributed by atoms with Crippen LogP contribution in [0.25, 0.3) is 10.9 Å². The van der Waals surface area contributed by atoms with Crippen LogP contribution in [0.2, 0.25) is 0 Å². The molecule has 1 unspecified atom stereocenters. The van der Waals surface area contributed by atoms with Gasteiger partial charge in [-0.25, -0.2) is 0 Å². The van der Waals surface area contributed by atoms with Gasteiger partial charge < -0.3 is 19.5 Å². The molecule has 4 aromatic rings. The molecule has 5 rings (SSSR count). The average molecular weight is 454 g/mol. The number of hydrogen-bond acceptors (Lipinski definition) is 3. The molecule has 1 aromatic heterocycles. The van der Waals surface area contributed by atoms with Crippen molar-refractivity contribution in [3.63, 3.8) is 0 Å². The van der Waals surface area contributed by atoms with E-state index in [4.69, 9.17) is 4.74 Å². The highest BCUT2D eigenvalue weighted by Gasteiger charge is 2.35. The first-order valence-corrected chi connectivity index (χ1v) is 11.4. The molecule has 2 heterocycles. The number of aromatic amines is 1. The van der Waals surface area contributed by atoms with Crippen molar-refractivity contribution in [2.24, 2.45) is 0 Å². The molecule has 1 saturated heterocycles. The Morgan fingerprint density at radius 2 is 1.71 bits per heavy atom. The Bertz CT molecular complexity index is 1260. The predicted molar refractivity (Wildman–Crippen MR) is 132 cm³/mol. The lowest BCUT2D eigenvalue weighted by Crippen LogP contribution is -2.58. The molecule has 2 amide bonds. The summed E-state index contributed by atoms with van der Waals surface area (Å²) in [5.74, 6) is 0.587. The number of para-hydroxylation sites is 1. The molecule has 3 aromatic carbocycles. The first kappa shape index (κ1) is 21.8. The number of nitrogens with one attached hydrogen (secondary N) is 1. The minimum absolute atomic E-state index is 0.0486. The summed E-state index contributed by atoms with van der Waals surface area (Å²) >= 11 is 0. The summed E-state index contributed by atoms with van der Waals surface area (Å²) in [5.41, 5.74) is 3.59. The number of methoxy groups -OCH3 is 1. The topological polar surface area (TPSA) is 65.6 Å². The van der Waals surface area contributed by atoms with Gasteiger partial charge in [-0.2, -0.15) is 0 Å². The smallest absolute Gasteiger partial charge is 0.270 e. The Hall–Kier alpha value is -4.06. The third-order valence-electron chi connectivity index (χ3n) is 6.39. The zero-order chi connectivity index (χ0) is 23.5. The fourth-order valence-corrected chi connectivity index (χ4v) is 4.59. The van der Waals surface area contributed by atoms with Gasteiger partial charge in [0, 0.05) is 24.0 Å². The normalized spacial score (nSPS) is 16.1. The van der Waals surface area contributed by atoms with Crippen LogP contribution in [0.5, 0.6) is 5.75 Å². The van der Waals surface area contributed by atoms with Gasteiger partial charge in [-0.15, -0.1) is 0 Å². The second-order valence-corrected chi connectivity index (χ2v) is 8.67. The summed E-state index contributed by atoms with van der Waals surface area (Å²) in [4.78, 5) is 33.5. The highest BCUT2D eigenvalue weighted by Crippen LogP contribution is 2.23. The van der Waals surface area contributed by atoms with E-state index in [1.54, 1.807) is 12.0 Å². The van der Waals surface area contributed by atoms with Crippen molar-refractivity contribution in [3.05, 3.63) is 102 Å². The molecule has 34 heavy (non-hydrogen) atoms. The largest absolute Gasteiger partial charge is 0.497 e. The molecule has 172 valence electrons. The number of piperazine rings is 1. The number of nitrogens with zero attached hydrogens (tertiary/aromatic N) is 2. The van der Waals surface area contributed by atoms with Crippen LogP contribution >= 0.6 is 0 Å². The predicted octanol–water partition coefficient (Wildman–Crippen LogP) is 4.27. The van der Waals surface area contributed by atoms with E-state index in [9.17, 15) is 9.59 Å². The number of fused-ring (bicyclic) bond motifs is 1. The number of benzene rings is 3. The fourth-order valence-electron chi connectivity index (χ4n) is 4.59. The van der Waals surface area contributed by atoms with E-state index < -0.39 is 0 Å². The summed E-state index contributed by atoms with van der Waals surface area (Å²) in [6.45, 7) is 1.04. The molecule has 1 aliphatic rings. The lowest BCUT2D eigenvalue weighted by atomic mass is 10.0. The van der Waals surface area contributed by atoms with E-state index in [1.807, 2.05) is 77.7 Å². The molecule has 6 nitrogen and oxygen atoms in total. The Morgan fingerprint density at radius 1 is 0.971 bits per heavy atom. The summed E-state index contributed by atoms with van der Waals surface area (Å²) < 4.78 is 5.26. The summed E-state index contributed by atoms with van der Waals surface area (Å²) in [7, 11) is 1.64. The van der Waals surface area contributed by atoms with Crippen LogP contribution < -0.4 is 4.74 Å². The van der Waals surface area contributed by atoms with Crippen LogP contribution in [0.3, 0.4) is 0 Å². The van der Waals surface area contributed by atoms with Gasteiger partial charge in [-0.3, -0.25) is 9.59 Å². The molecular weight excluding hydrogens is 426 g/mol. The second-order valence-electron chi connectivity index (χ2n) is 8.67. The molecular formula is C28H27N3O3. The highest BCUT2D eigenvalue weighted by molar-refractivity contribution is 6.00. The zero-order valence-electron chi connectivity index (χ0n) is 19.1. The number of aromatic nitrogens is 1. The molecule has 0 radical (unpaired) electrons. The Kier molecular flexibility index (Phi) is 6.04. The van der Waals surface area contributed by atoms with Gasteiger partial charge in [0.2, 0.25) is 5.91 Å². The quantitative estimate of drug-likeness (QED) is 0.474. The number of rotatable bonds is 6. The first-order chi connectivity index (χ1) is 16.6. The Balaban J connectivity index is 1.40. The molecule has 1 aliphatic heterocycles. The molecule has 6 heteroatoms. The van der Waals surface area contributed by atoms with Crippen LogP contribution in [0, 0.1) is 0 Å². The maximum Gasteiger partial charge on any atom is 0.270 e. The third-order valence-corrected chi connectivity index (χ3v) is 6.39. The van der Waals surface area contributed by atoms with Gasteiger partial charge in [0.1, 0.15) is 18.0 Å². The van der Waals surface area contributed by atoms with E-state index in [0.29, 0.717) is 25.2 Å². The average Bonchev–Trinajstić information content (AvgIpc) is 3.31. The molecule has 1 N–H and O–H groups in total. The number of amides is 2. The maximum absolute atomic E-state index is 13.4. The zero-order valence-corrected chi connectivity index (χ0v) is 19.1. The van der Waals surface area contributed by atoms with Crippen molar-refractivity contribution < 1.29 is 14.3 Å². The van der Waals surface area contributed by atoms with Crippen LogP contribution in [0.15, 0.2) is 84.9 Å². The van der Waals surface area contributed by atoms with Gasteiger partial charge in [0.05, 0.1) is 13.2 Å². The van der Waals surface area contributed by atoms with E-state index in [2.05, 4.69) is 17.1 Å². The van der Waals surface area contributed by atoms with E-state index in [1.165, 1.54) is 0 Å². The monoisotopic (exact) mass is 453 g/mol. The molecule has 0 aliphatic carbocycles. The molecule has 1 fully saturated rings. The van der Waals surface area contributed by atoms with Crippen LogP contribution in [0.4, 0.5) is 0 Å². The van der Waals surface area contributed by atoms with Gasteiger partial charge in [-0.1, -0.05) is 60.7 Å². The number of H-pyrrole nitrogens is 1. The van der Waals surface area contributed by atoms with E-state index in [-0.39, 0.29) is 24.4 Å². The lowest BCUT2D eigenvalue weighted by Gasteiger charge is -2.41. The van der Waals surface area contributed by atoms with Gasteiger partial charge in [0.15, 0.2) is 0 Å².